The first-order valence-electron chi connectivity index (χ1n) is 5.80. The van der Waals surface area contributed by atoms with E-state index in [2.05, 4.69) is 21.2 Å². The second-order valence-corrected chi connectivity index (χ2v) is 4.90. The van der Waals surface area contributed by atoms with E-state index in [1.807, 2.05) is 24.3 Å². The molecule has 2 rings (SSSR count). The van der Waals surface area contributed by atoms with Crippen molar-refractivity contribution in [1.82, 2.24) is 5.32 Å². The van der Waals surface area contributed by atoms with Crippen LogP contribution in [0.4, 0.5) is 0 Å². The van der Waals surface area contributed by atoms with E-state index in [9.17, 15) is 4.79 Å². The molecule has 0 atom stereocenters. The lowest BCUT2D eigenvalue weighted by atomic mass is 10.1. The number of amides is 1. The van der Waals surface area contributed by atoms with Gasteiger partial charge in [0.25, 0.3) is 0 Å². The van der Waals surface area contributed by atoms with Gasteiger partial charge in [-0.1, -0.05) is 15.9 Å². The summed E-state index contributed by atoms with van der Waals surface area (Å²) in [5, 5.41) is 2.80. The van der Waals surface area contributed by atoms with Crippen molar-refractivity contribution in [3.63, 3.8) is 0 Å². The quantitative estimate of drug-likeness (QED) is 0.920. The van der Waals surface area contributed by atoms with Gasteiger partial charge in [-0.05, 0) is 30.3 Å². The fraction of sp³-hybridized carbons (Fsp3) is 0.214. The zero-order chi connectivity index (χ0) is 13.7. The number of benzene rings is 1. The largest absolute Gasteiger partial charge is 0.496 e. The summed E-state index contributed by atoms with van der Waals surface area (Å²) >= 11 is 3.38. The van der Waals surface area contributed by atoms with Gasteiger partial charge in [0.2, 0.25) is 5.91 Å². The van der Waals surface area contributed by atoms with E-state index in [1.165, 1.54) is 0 Å². The summed E-state index contributed by atoms with van der Waals surface area (Å²) in [7, 11) is 1.59. The lowest BCUT2D eigenvalue weighted by Crippen LogP contribution is -2.24. The first kappa shape index (κ1) is 13.7. The Morgan fingerprint density at radius 1 is 1.42 bits per heavy atom. The van der Waals surface area contributed by atoms with Gasteiger partial charge in [-0.2, -0.15) is 0 Å². The van der Waals surface area contributed by atoms with Gasteiger partial charge in [-0.3, -0.25) is 4.79 Å². The molecule has 0 saturated carbocycles. The van der Waals surface area contributed by atoms with Gasteiger partial charge in [0, 0.05) is 10.0 Å². The standard InChI is InChI=1S/C14H14BrNO3/c1-18-13-5-4-11(15)7-10(13)8-14(17)16-9-12-3-2-6-19-12/h2-7H,8-9H2,1H3,(H,16,17). The molecule has 2 aromatic rings. The fourth-order valence-corrected chi connectivity index (χ4v) is 2.13. The molecule has 0 radical (unpaired) electrons. The summed E-state index contributed by atoms with van der Waals surface area (Å²) in [6, 6.07) is 9.20. The predicted molar refractivity (Wildman–Crippen MR) is 75.0 cm³/mol. The molecule has 0 aliphatic heterocycles. The van der Waals surface area contributed by atoms with E-state index in [4.69, 9.17) is 9.15 Å². The average molecular weight is 324 g/mol. The summed E-state index contributed by atoms with van der Waals surface area (Å²) in [5.74, 6) is 1.36. The number of carbonyl (C=O) groups is 1. The molecule has 1 heterocycles. The summed E-state index contributed by atoms with van der Waals surface area (Å²) in [6.45, 7) is 0.391. The Bertz CT molecular complexity index is 552. The molecule has 1 amide bonds. The van der Waals surface area contributed by atoms with E-state index in [0.717, 1.165) is 15.8 Å². The first-order valence-corrected chi connectivity index (χ1v) is 6.60. The number of hydrogen-bond donors (Lipinski definition) is 1. The van der Waals surface area contributed by atoms with Crippen LogP contribution in [0.1, 0.15) is 11.3 Å². The van der Waals surface area contributed by atoms with Crippen LogP contribution < -0.4 is 10.1 Å². The summed E-state index contributed by atoms with van der Waals surface area (Å²) in [4.78, 5) is 11.9. The first-order chi connectivity index (χ1) is 9.19. The van der Waals surface area contributed by atoms with Gasteiger partial charge in [-0.25, -0.2) is 0 Å². The Kier molecular flexibility index (Phi) is 4.63. The van der Waals surface area contributed by atoms with Crippen LogP contribution in [0.25, 0.3) is 0 Å². The monoisotopic (exact) mass is 323 g/mol. The molecular weight excluding hydrogens is 310 g/mol. The van der Waals surface area contributed by atoms with Crippen LogP contribution >= 0.6 is 15.9 Å². The zero-order valence-electron chi connectivity index (χ0n) is 10.5. The highest BCUT2D eigenvalue weighted by atomic mass is 79.9. The molecular formula is C14H14BrNO3. The number of halogens is 1. The summed E-state index contributed by atoms with van der Waals surface area (Å²) < 4.78 is 11.3. The van der Waals surface area contributed by atoms with E-state index in [0.29, 0.717) is 12.3 Å². The maximum atomic E-state index is 11.9. The van der Waals surface area contributed by atoms with Crippen molar-refractivity contribution in [2.75, 3.05) is 7.11 Å². The third kappa shape index (κ3) is 3.86. The topological polar surface area (TPSA) is 51.5 Å². The molecule has 5 heteroatoms. The molecule has 0 aliphatic rings. The van der Waals surface area contributed by atoms with E-state index >= 15 is 0 Å². The molecule has 0 spiro atoms. The van der Waals surface area contributed by atoms with Crippen molar-refractivity contribution < 1.29 is 13.9 Å². The van der Waals surface area contributed by atoms with E-state index in [1.54, 1.807) is 19.4 Å². The Morgan fingerprint density at radius 3 is 2.95 bits per heavy atom. The number of furan rings is 1. The Hall–Kier alpha value is -1.75. The van der Waals surface area contributed by atoms with Gasteiger partial charge in [0.15, 0.2) is 0 Å². The van der Waals surface area contributed by atoms with E-state index in [-0.39, 0.29) is 12.3 Å². The van der Waals surface area contributed by atoms with Gasteiger partial charge >= 0.3 is 0 Å². The molecule has 1 aromatic heterocycles. The Morgan fingerprint density at radius 2 is 2.26 bits per heavy atom. The van der Waals surface area contributed by atoms with Gasteiger partial charge in [0.1, 0.15) is 11.5 Å². The minimum absolute atomic E-state index is 0.0761. The van der Waals surface area contributed by atoms with Crippen LogP contribution in [0.3, 0.4) is 0 Å². The van der Waals surface area contributed by atoms with Crippen LogP contribution in [0.5, 0.6) is 5.75 Å². The van der Waals surface area contributed by atoms with Crippen molar-refractivity contribution in [3.8, 4) is 5.75 Å². The Balaban J connectivity index is 1.96. The van der Waals surface area contributed by atoms with Crippen LogP contribution in [-0.4, -0.2) is 13.0 Å². The number of nitrogens with one attached hydrogen (secondary N) is 1. The molecule has 1 aromatic carbocycles. The fourth-order valence-electron chi connectivity index (χ4n) is 1.72. The van der Waals surface area contributed by atoms with Gasteiger partial charge in [0.05, 0.1) is 26.3 Å². The maximum Gasteiger partial charge on any atom is 0.224 e. The third-order valence-electron chi connectivity index (χ3n) is 2.63. The smallest absolute Gasteiger partial charge is 0.224 e. The molecule has 0 fully saturated rings. The number of ether oxygens (including phenoxy) is 1. The number of carbonyl (C=O) groups excluding carboxylic acids is 1. The van der Waals surface area contributed by atoms with Crippen molar-refractivity contribution in [1.29, 1.82) is 0 Å². The molecule has 0 bridgehead atoms. The number of methoxy groups -OCH3 is 1. The van der Waals surface area contributed by atoms with Crippen molar-refractivity contribution in [2.24, 2.45) is 0 Å². The van der Waals surface area contributed by atoms with E-state index < -0.39 is 0 Å². The molecule has 0 aliphatic carbocycles. The summed E-state index contributed by atoms with van der Waals surface area (Å²) in [6.07, 6.45) is 1.85. The lowest BCUT2D eigenvalue weighted by Gasteiger charge is -2.09. The van der Waals surface area contributed by atoms with Crippen molar-refractivity contribution in [2.45, 2.75) is 13.0 Å². The van der Waals surface area contributed by atoms with Crippen LogP contribution in [0.2, 0.25) is 0 Å². The second kappa shape index (κ2) is 6.43. The molecule has 0 saturated heterocycles. The minimum Gasteiger partial charge on any atom is -0.496 e. The lowest BCUT2D eigenvalue weighted by molar-refractivity contribution is -0.120. The second-order valence-electron chi connectivity index (χ2n) is 3.99. The Labute approximate surface area is 119 Å². The maximum absolute atomic E-state index is 11.9. The minimum atomic E-state index is -0.0761. The normalized spacial score (nSPS) is 10.2. The molecule has 19 heavy (non-hydrogen) atoms. The molecule has 100 valence electrons. The van der Waals surface area contributed by atoms with Gasteiger partial charge in [-0.15, -0.1) is 0 Å². The zero-order valence-corrected chi connectivity index (χ0v) is 12.1. The SMILES string of the molecule is COc1ccc(Br)cc1CC(=O)NCc1ccco1. The van der Waals surface area contributed by atoms with Crippen LogP contribution in [0, 0.1) is 0 Å². The average Bonchev–Trinajstić information content (AvgIpc) is 2.90. The van der Waals surface area contributed by atoms with Crippen LogP contribution in [-0.2, 0) is 17.8 Å². The number of hydrogen-bond acceptors (Lipinski definition) is 3. The molecule has 1 N–H and O–H groups in total. The number of rotatable bonds is 5. The highest BCUT2D eigenvalue weighted by Crippen LogP contribution is 2.23. The van der Waals surface area contributed by atoms with Crippen LogP contribution in [0.15, 0.2) is 45.5 Å². The molecule has 0 unspecified atom stereocenters. The predicted octanol–water partition coefficient (Wildman–Crippen LogP) is 2.91. The van der Waals surface area contributed by atoms with Gasteiger partial charge < -0.3 is 14.5 Å². The van der Waals surface area contributed by atoms with Crippen molar-refractivity contribution in [3.05, 3.63) is 52.4 Å². The summed E-state index contributed by atoms with van der Waals surface area (Å²) in [5.41, 5.74) is 0.841. The molecule has 4 nitrogen and oxygen atoms in total. The highest BCUT2D eigenvalue weighted by molar-refractivity contribution is 9.10. The third-order valence-corrected chi connectivity index (χ3v) is 3.13. The van der Waals surface area contributed by atoms with Crippen molar-refractivity contribution >= 4 is 21.8 Å². The highest BCUT2D eigenvalue weighted by Gasteiger charge is 2.09.